The van der Waals surface area contributed by atoms with Crippen LogP contribution in [0.3, 0.4) is 0 Å². The quantitative estimate of drug-likeness (QED) is 0.652. The second-order valence-electron chi connectivity index (χ2n) is 7.55. The third-order valence-corrected chi connectivity index (χ3v) is 6.27. The standard InChI is InChI=1S/C21H20O/c1-13-3-2-4-15-8-16-9-18(22)12-21(20(16)10-19(13)15)11-14-5-6-17(21)7-14/h2-6,8,10,14,17H,7,9,11-12H2,1H3. The molecule has 3 aliphatic rings. The fourth-order valence-corrected chi connectivity index (χ4v) is 5.33. The lowest BCUT2D eigenvalue weighted by Crippen LogP contribution is -2.38. The minimum absolute atomic E-state index is 0.0978. The van der Waals surface area contributed by atoms with Gasteiger partial charge in [-0.1, -0.05) is 42.5 Å². The molecular formula is C21H20O. The van der Waals surface area contributed by atoms with Crippen LogP contribution >= 0.6 is 0 Å². The van der Waals surface area contributed by atoms with E-state index in [1.54, 1.807) is 0 Å². The maximum absolute atomic E-state index is 12.4. The molecule has 0 saturated heterocycles. The van der Waals surface area contributed by atoms with Crippen LogP contribution in [0.25, 0.3) is 10.8 Å². The van der Waals surface area contributed by atoms with Crippen LogP contribution in [0.2, 0.25) is 0 Å². The molecule has 0 heterocycles. The number of rotatable bonds is 0. The predicted octanol–water partition coefficient (Wildman–Crippen LogP) is 4.50. The van der Waals surface area contributed by atoms with E-state index in [1.807, 2.05) is 0 Å². The summed E-state index contributed by atoms with van der Waals surface area (Å²) in [6.45, 7) is 2.19. The number of aryl methyl sites for hydroxylation is 1. The summed E-state index contributed by atoms with van der Waals surface area (Å²) in [6.07, 6.45) is 8.56. The van der Waals surface area contributed by atoms with Crippen LogP contribution in [-0.2, 0) is 16.6 Å². The highest BCUT2D eigenvalue weighted by atomic mass is 16.1. The predicted molar refractivity (Wildman–Crippen MR) is 89.0 cm³/mol. The van der Waals surface area contributed by atoms with Crippen LogP contribution in [0.4, 0.5) is 0 Å². The van der Waals surface area contributed by atoms with Crippen LogP contribution in [0.1, 0.15) is 36.0 Å². The summed E-state index contributed by atoms with van der Waals surface area (Å²) in [7, 11) is 0. The highest BCUT2D eigenvalue weighted by Gasteiger charge is 2.52. The first kappa shape index (κ1) is 12.6. The molecule has 2 aromatic carbocycles. The summed E-state index contributed by atoms with van der Waals surface area (Å²) >= 11 is 0. The molecule has 0 amide bonds. The second-order valence-corrected chi connectivity index (χ2v) is 7.55. The van der Waals surface area contributed by atoms with Gasteiger partial charge >= 0.3 is 0 Å². The Kier molecular flexibility index (Phi) is 2.35. The molecule has 3 atom stereocenters. The molecule has 5 rings (SSSR count). The minimum atomic E-state index is 0.0978. The Morgan fingerprint density at radius 3 is 2.86 bits per heavy atom. The molecule has 0 aromatic heterocycles. The van der Waals surface area contributed by atoms with Crippen molar-refractivity contribution >= 4 is 16.6 Å². The van der Waals surface area contributed by atoms with E-state index in [1.165, 1.54) is 40.3 Å². The summed E-state index contributed by atoms with van der Waals surface area (Å²) in [5.41, 5.74) is 4.20. The molecule has 0 radical (unpaired) electrons. The molecule has 1 spiro atoms. The highest BCUT2D eigenvalue weighted by molar-refractivity contribution is 5.92. The summed E-state index contributed by atoms with van der Waals surface area (Å²) in [5.74, 6) is 1.69. The summed E-state index contributed by atoms with van der Waals surface area (Å²) < 4.78 is 0. The van der Waals surface area contributed by atoms with Crippen LogP contribution in [0.15, 0.2) is 42.5 Å². The van der Waals surface area contributed by atoms with Crippen molar-refractivity contribution in [3.05, 3.63) is 59.2 Å². The van der Waals surface area contributed by atoms with Crippen molar-refractivity contribution in [3.8, 4) is 0 Å². The second kappa shape index (κ2) is 4.10. The zero-order valence-corrected chi connectivity index (χ0v) is 12.9. The van der Waals surface area contributed by atoms with E-state index in [2.05, 4.69) is 49.4 Å². The average Bonchev–Trinajstić information content (AvgIpc) is 3.07. The number of carbonyl (C=O) groups excluding carboxylic acids is 1. The summed E-state index contributed by atoms with van der Waals surface area (Å²) in [6, 6.07) is 11.2. The van der Waals surface area contributed by atoms with Crippen LogP contribution < -0.4 is 0 Å². The Bertz CT molecular complexity index is 844. The van der Waals surface area contributed by atoms with Gasteiger partial charge in [0.15, 0.2) is 0 Å². The number of benzene rings is 2. The maximum atomic E-state index is 12.4. The third kappa shape index (κ3) is 1.52. The Morgan fingerprint density at radius 1 is 1.18 bits per heavy atom. The van der Waals surface area contributed by atoms with Gasteiger partial charge in [-0.3, -0.25) is 4.79 Å². The Labute approximate surface area is 131 Å². The summed E-state index contributed by atoms with van der Waals surface area (Å²) in [4.78, 5) is 12.4. The van der Waals surface area contributed by atoms with Crippen LogP contribution in [-0.4, -0.2) is 5.78 Å². The van der Waals surface area contributed by atoms with Gasteiger partial charge in [0.1, 0.15) is 5.78 Å². The van der Waals surface area contributed by atoms with Crippen molar-refractivity contribution in [1.82, 2.24) is 0 Å². The molecule has 3 unspecified atom stereocenters. The number of hydrogen-bond donors (Lipinski definition) is 0. The lowest BCUT2D eigenvalue weighted by molar-refractivity contribution is -0.120. The normalized spacial score (nSPS) is 32.1. The fourth-order valence-electron chi connectivity index (χ4n) is 5.33. The van der Waals surface area contributed by atoms with Crippen molar-refractivity contribution in [2.24, 2.45) is 11.8 Å². The monoisotopic (exact) mass is 288 g/mol. The van der Waals surface area contributed by atoms with Gasteiger partial charge < -0.3 is 0 Å². The van der Waals surface area contributed by atoms with Crippen molar-refractivity contribution in [1.29, 1.82) is 0 Å². The summed E-state index contributed by atoms with van der Waals surface area (Å²) in [5, 5.41) is 2.64. The molecule has 3 aliphatic carbocycles. The zero-order chi connectivity index (χ0) is 14.9. The third-order valence-electron chi connectivity index (χ3n) is 6.27. The molecule has 0 N–H and O–H groups in total. The molecule has 1 saturated carbocycles. The Hall–Kier alpha value is -1.89. The van der Waals surface area contributed by atoms with Gasteiger partial charge in [-0.25, -0.2) is 0 Å². The first-order valence-corrected chi connectivity index (χ1v) is 8.38. The number of Topliss-reactive ketones (excluding diaryl/α,β-unsaturated/α-hetero) is 1. The molecule has 110 valence electrons. The molecule has 0 aliphatic heterocycles. The molecule has 2 bridgehead atoms. The van der Waals surface area contributed by atoms with Gasteiger partial charge in [0.05, 0.1) is 0 Å². The highest BCUT2D eigenvalue weighted by Crippen LogP contribution is 2.58. The number of carbonyl (C=O) groups is 1. The van der Waals surface area contributed by atoms with Gasteiger partial charge in [0.25, 0.3) is 0 Å². The van der Waals surface area contributed by atoms with Crippen molar-refractivity contribution in [2.75, 3.05) is 0 Å². The number of hydrogen-bond acceptors (Lipinski definition) is 1. The van der Waals surface area contributed by atoms with Crippen LogP contribution in [0, 0.1) is 18.8 Å². The maximum Gasteiger partial charge on any atom is 0.138 e. The lowest BCUT2D eigenvalue weighted by atomic mass is 9.62. The van der Waals surface area contributed by atoms with Crippen molar-refractivity contribution < 1.29 is 4.79 Å². The zero-order valence-electron chi connectivity index (χ0n) is 12.9. The van der Waals surface area contributed by atoms with E-state index in [9.17, 15) is 4.79 Å². The van der Waals surface area contributed by atoms with E-state index in [0.29, 0.717) is 24.0 Å². The smallest absolute Gasteiger partial charge is 0.138 e. The minimum Gasteiger partial charge on any atom is -0.299 e. The topological polar surface area (TPSA) is 17.1 Å². The molecule has 2 aromatic rings. The van der Waals surface area contributed by atoms with E-state index in [4.69, 9.17) is 0 Å². The van der Waals surface area contributed by atoms with Gasteiger partial charge in [0, 0.05) is 18.3 Å². The SMILES string of the molecule is Cc1cccc2cc3c(cc12)C1(CC(=O)C3)CC2C=CC1C2. The van der Waals surface area contributed by atoms with Gasteiger partial charge in [-0.2, -0.15) is 0 Å². The van der Waals surface area contributed by atoms with E-state index < -0.39 is 0 Å². The Morgan fingerprint density at radius 2 is 2.09 bits per heavy atom. The fraction of sp³-hybridized carbons (Fsp3) is 0.381. The molecule has 1 fully saturated rings. The molecular weight excluding hydrogens is 268 g/mol. The van der Waals surface area contributed by atoms with Gasteiger partial charge in [-0.15, -0.1) is 0 Å². The first-order valence-electron chi connectivity index (χ1n) is 8.38. The van der Waals surface area contributed by atoms with Crippen molar-refractivity contribution in [3.63, 3.8) is 0 Å². The Balaban J connectivity index is 1.81. The number of ketones is 1. The largest absolute Gasteiger partial charge is 0.299 e. The van der Waals surface area contributed by atoms with Crippen LogP contribution in [0.5, 0.6) is 0 Å². The number of allylic oxidation sites excluding steroid dienone is 2. The number of fused-ring (bicyclic) bond motifs is 6. The molecule has 1 nitrogen and oxygen atoms in total. The first-order chi connectivity index (χ1) is 10.7. The van der Waals surface area contributed by atoms with Gasteiger partial charge in [-0.05, 0) is 59.1 Å². The van der Waals surface area contributed by atoms with E-state index in [-0.39, 0.29) is 5.41 Å². The van der Waals surface area contributed by atoms with Crippen molar-refractivity contribution in [2.45, 2.75) is 38.0 Å². The molecule has 1 heteroatoms. The van der Waals surface area contributed by atoms with Gasteiger partial charge in [0.2, 0.25) is 0 Å². The van der Waals surface area contributed by atoms with E-state index in [0.717, 1.165) is 6.42 Å². The molecule has 22 heavy (non-hydrogen) atoms. The lowest BCUT2D eigenvalue weighted by Gasteiger charge is -2.40. The average molecular weight is 288 g/mol. The van der Waals surface area contributed by atoms with E-state index >= 15 is 0 Å².